The van der Waals surface area contributed by atoms with Gasteiger partial charge in [-0.3, -0.25) is 9.59 Å². The molecule has 166 valence electrons. The van der Waals surface area contributed by atoms with Gasteiger partial charge in [0.1, 0.15) is 5.82 Å². The molecular weight excluding hydrogens is 399 g/mol. The van der Waals surface area contributed by atoms with Crippen molar-refractivity contribution in [3.63, 3.8) is 0 Å². The second-order valence-electron chi connectivity index (χ2n) is 7.99. The second-order valence-corrected chi connectivity index (χ2v) is 7.99. The molecule has 2 amide bonds. The predicted octanol–water partition coefficient (Wildman–Crippen LogP) is 1.91. The standard InChI is InChI=1S/C23H29FN4O3/c1-28-14-18(23(30)26-13-17-8-9-25-22(12-17)31-2)6-7-20(15-28)27-21(29)11-16-4-3-5-19(24)10-16/h3-5,8-10,12,18,20H,6-7,11,13-15H2,1-2H3,(H,26,30)(H,27,29)/t18-,20+/m1/s1. The van der Waals surface area contributed by atoms with Crippen molar-refractivity contribution in [3.8, 4) is 5.88 Å². The Bertz CT molecular complexity index is 908. The van der Waals surface area contributed by atoms with Gasteiger partial charge in [0.2, 0.25) is 17.7 Å². The molecule has 1 saturated heterocycles. The van der Waals surface area contributed by atoms with Crippen molar-refractivity contribution in [2.45, 2.75) is 31.8 Å². The average Bonchev–Trinajstić information content (AvgIpc) is 2.93. The van der Waals surface area contributed by atoms with Gasteiger partial charge in [0.15, 0.2) is 0 Å². The monoisotopic (exact) mass is 428 g/mol. The highest BCUT2D eigenvalue weighted by molar-refractivity contribution is 5.79. The third-order valence-corrected chi connectivity index (χ3v) is 5.39. The minimum atomic E-state index is -0.349. The lowest BCUT2D eigenvalue weighted by Gasteiger charge is -2.22. The van der Waals surface area contributed by atoms with E-state index in [1.807, 2.05) is 13.1 Å². The van der Waals surface area contributed by atoms with E-state index in [1.165, 1.54) is 12.1 Å². The van der Waals surface area contributed by atoms with E-state index >= 15 is 0 Å². The van der Waals surface area contributed by atoms with Crippen LogP contribution in [0.1, 0.15) is 24.0 Å². The van der Waals surface area contributed by atoms with E-state index < -0.39 is 0 Å². The predicted molar refractivity (Wildman–Crippen MR) is 115 cm³/mol. The lowest BCUT2D eigenvalue weighted by Crippen LogP contribution is -2.42. The minimum absolute atomic E-state index is 0.00522. The molecule has 1 aliphatic rings. The number of hydrogen-bond donors (Lipinski definition) is 2. The van der Waals surface area contributed by atoms with E-state index in [2.05, 4.69) is 20.5 Å². The first-order valence-corrected chi connectivity index (χ1v) is 10.4. The van der Waals surface area contributed by atoms with E-state index in [-0.39, 0.29) is 36.0 Å². The average molecular weight is 429 g/mol. The molecule has 0 bridgehead atoms. The van der Waals surface area contributed by atoms with Gasteiger partial charge in [0.25, 0.3) is 0 Å². The summed E-state index contributed by atoms with van der Waals surface area (Å²) in [5.41, 5.74) is 1.56. The maximum atomic E-state index is 13.3. The summed E-state index contributed by atoms with van der Waals surface area (Å²) in [6.45, 7) is 1.70. The van der Waals surface area contributed by atoms with Crippen LogP contribution in [-0.4, -0.2) is 55.0 Å². The molecule has 2 N–H and O–H groups in total. The summed E-state index contributed by atoms with van der Waals surface area (Å²) in [4.78, 5) is 31.2. The summed E-state index contributed by atoms with van der Waals surface area (Å²) in [6, 6.07) is 9.66. The minimum Gasteiger partial charge on any atom is -0.481 e. The van der Waals surface area contributed by atoms with E-state index in [4.69, 9.17) is 4.74 Å². The van der Waals surface area contributed by atoms with Crippen LogP contribution in [0.4, 0.5) is 4.39 Å². The van der Waals surface area contributed by atoms with Gasteiger partial charge in [0, 0.05) is 37.9 Å². The van der Waals surface area contributed by atoms with E-state index in [9.17, 15) is 14.0 Å². The number of carbonyl (C=O) groups is 2. The quantitative estimate of drug-likeness (QED) is 0.704. The summed E-state index contributed by atoms with van der Waals surface area (Å²) in [5, 5.41) is 6.02. The van der Waals surface area contributed by atoms with E-state index in [0.29, 0.717) is 43.9 Å². The van der Waals surface area contributed by atoms with Crippen LogP contribution < -0.4 is 15.4 Å². The Labute approximate surface area is 182 Å². The molecule has 7 nitrogen and oxygen atoms in total. The number of nitrogens with one attached hydrogen (secondary N) is 2. The van der Waals surface area contributed by atoms with Gasteiger partial charge in [-0.15, -0.1) is 0 Å². The molecule has 8 heteroatoms. The normalized spacial score (nSPS) is 19.3. The van der Waals surface area contributed by atoms with Crippen LogP contribution in [0.3, 0.4) is 0 Å². The van der Waals surface area contributed by atoms with Crippen molar-refractivity contribution in [2.75, 3.05) is 27.2 Å². The molecule has 0 unspecified atom stereocenters. The first kappa shape index (κ1) is 22.7. The Morgan fingerprint density at radius 2 is 2.03 bits per heavy atom. The van der Waals surface area contributed by atoms with Crippen molar-refractivity contribution in [1.29, 1.82) is 0 Å². The molecule has 31 heavy (non-hydrogen) atoms. The van der Waals surface area contributed by atoms with Crippen molar-refractivity contribution < 1.29 is 18.7 Å². The van der Waals surface area contributed by atoms with Crippen molar-refractivity contribution in [2.24, 2.45) is 5.92 Å². The summed E-state index contributed by atoms with van der Waals surface area (Å²) >= 11 is 0. The number of pyridine rings is 1. The highest BCUT2D eigenvalue weighted by Crippen LogP contribution is 2.17. The van der Waals surface area contributed by atoms with Crippen molar-refractivity contribution in [3.05, 3.63) is 59.5 Å². The van der Waals surface area contributed by atoms with Crippen LogP contribution in [-0.2, 0) is 22.6 Å². The Morgan fingerprint density at radius 1 is 1.19 bits per heavy atom. The first-order chi connectivity index (χ1) is 14.9. The Balaban J connectivity index is 1.49. The van der Waals surface area contributed by atoms with E-state index in [0.717, 1.165) is 5.56 Å². The number of benzene rings is 1. The molecule has 2 aromatic rings. The van der Waals surface area contributed by atoms with Crippen LogP contribution >= 0.6 is 0 Å². The maximum Gasteiger partial charge on any atom is 0.224 e. The highest BCUT2D eigenvalue weighted by atomic mass is 19.1. The summed E-state index contributed by atoms with van der Waals surface area (Å²) < 4.78 is 18.4. The van der Waals surface area contributed by atoms with Crippen LogP contribution in [0.2, 0.25) is 0 Å². The Hall–Kier alpha value is -3.00. The molecule has 0 spiro atoms. The van der Waals surface area contributed by atoms with Gasteiger partial charge in [-0.05, 0) is 49.2 Å². The van der Waals surface area contributed by atoms with Crippen LogP contribution in [0, 0.1) is 11.7 Å². The van der Waals surface area contributed by atoms with Gasteiger partial charge in [-0.1, -0.05) is 12.1 Å². The van der Waals surface area contributed by atoms with Gasteiger partial charge < -0.3 is 20.3 Å². The molecule has 0 aliphatic carbocycles. The van der Waals surface area contributed by atoms with Crippen LogP contribution in [0.15, 0.2) is 42.6 Å². The van der Waals surface area contributed by atoms with Gasteiger partial charge in [0.05, 0.1) is 19.4 Å². The number of carbonyl (C=O) groups excluding carboxylic acids is 2. The largest absolute Gasteiger partial charge is 0.481 e. The number of ether oxygens (including phenoxy) is 1. The van der Waals surface area contributed by atoms with E-state index in [1.54, 1.807) is 31.5 Å². The number of halogens is 1. The summed E-state index contributed by atoms with van der Waals surface area (Å²) in [6.07, 6.45) is 3.18. The molecule has 1 aliphatic heterocycles. The van der Waals surface area contributed by atoms with Crippen LogP contribution in [0.5, 0.6) is 5.88 Å². The molecular formula is C23H29FN4O3. The number of aromatic nitrogens is 1. The van der Waals surface area contributed by atoms with Gasteiger partial charge >= 0.3 is 0 Å². The Morgan fingerprint density at radius 3 is 2.81 bits per heavy atom. The summed E-state index contributed by atoms with van der Waals surface area (Å²) in [5.74, 6) is -0.136. The number of methoxy groups -OCH3 is 1. The second kappa shape index (κ2) is 10.9. The fourth-order valence-electron chi connectivity index (χ4n) is 3.86. The zero-order valence-electron chi connectivity index (χ0n) is 17.9. The fourth-order valence-corrected chi connectivity index (χ4v) is 3.86. The molecule has 1 fully saturated rings. The zero-order chi connectivity index (χ0) is 22.2. The first-order valence-electron chi connectivity index (χ1n) is 10.4. The van der Waals surface area contributed by atoms with Crippen LogP contribution in [0.25, 0.3) is 0 Å². The van der Waals surface area contributed by atoms with Crippen molar-refractivity contribution >= 4 is 11.8 Å². The van der Waals surface area contributed by atoms with Gasteiger partial charge in [-0.2, -0.15) is 0 Å². The topological polar surface area (TPSA) is 83.6 Å². The SMILES string of the molecule is COc1cc(CNC(=O)[C@@H]2CC[C@H](NC(=O)Cc3cccc(F)c3)CN(C)C2)ccn1. The molecule has 1 aromatic carbocycles. The fraction of sp³-hybridized carbons (Fsp3) is 0.435. The van der Waals surface area contributed by atoms with Gasteiger partial charge in [-0.25, -0.2) is 9.37 Å². The number of likely N-dealkylation sites (tertiary alicyclic amines) is 1. The molecule has 0 radical (unpaired) electrons. The Kier molecular flexibility index (Phi) is 7.94. The lowest BCUT2D eigenvalue weighted by atomic mass is 10.0. The highest BCUT2D eigenvalue weighted by Gasteiger charge is 2.27. The number of amides is 2. The molecule has 2 heterocycles. The molecule has 3 rings (SSSR count). The number of hydrogen-bond acceptors (Lipinski definition) is 5. The smallest absolute Gasteiger partial charge is 0.224 e. The lowest BCUT2D eigenvalue weighted by molar-refractivity contribution is -0.125. The summed E-state index contributed by atoms with van der Waals surface area (Å²) in [7, 11) is 3.50. The maximum absolute atomic E-state index is 13.3. The van der Waals surface area contributed by atoms with Crippen molar-refractivity contribution in [1.82, 2.24) is 20.5 Å². The molecule has 2 atom stereocenters. The number of nitrogens with zero attached hydrogens (tertiary/aromatic N) is 2. The molecule has 0 saturated carbocycles. The third kappa shape index (κ3) is 7.03. The number of rotatable bonds is 7. The third-order valence-electron chi connectivity index (χ3n) is 5.39. The zero-order valence-corrected chi connectivity index (χ0v) is 17.9. The number of likely N-dealkylation sites (N-methyl/N-ethyl adjacent to an activating group) is 1. The molecule has 1 aromatic heterocycles.